The highest BCUT2D eigenvalue weighted by Gasteiger charge is 2.12. The number of hydrogen-bond acceptors (Lipinski definition) is 3. The highest BCUT2D eigenvalue weighted by atomic mass is 35.5. The molecule has 0 aliphatic carbocycles. The first-order valence-corrected chi connectivity index (χ1v) is 5.50. The number of carbonyl (C=O) groups is 1. The van der Waals surface area contributed by atoms with Crippen molar-refractivity contribution in [1.82, 2.24) is 9.97 Å². The monoisotopic (exact) mass is 265 g/mol. The van der Waals surface area contributed by atoms with Crippen LogP contribution in [0.25, 0.3) is 0 Å². The summed E-state index contributed by atoms with van der Waals surface area (Å²) in [5.74, 6) is -0.963. The summed E-state index contributed by atoms with van der Waals surface area (Å²) in [5, 5.41) is 2.80. The van der Waals surface area contributed by atoms with Gasteiger partial charge in [0.1, 0.15) is 11.5 Å². The number of hydrogen-bond donors (Lipinski definition) is 1. The zero-order chi connectivity index (χ0) is 13.1. The van der Waals surface area contributed by atoms with E-state index in [2.05, 4.69) is 15.3 Å². The summed E-state index contributed by atoms with van der Waals surface area (Å²) >= 11 is 5.88. The minimum atomic E-state index is -0.498. The van der Waals surface area contributed by atoms with Crippen molar-refractivity contribution in [3.05, 3.63) is 52.8 Å². The second-order valence-electron chi connectivity index (χ2n) is 3.61. The standard InChI is InChI=1S/C12H9ClFN3O/c1-7-4-5-15-11(13)10(7)17-12(18)9-3-2-8(14)6-16-9/h2-6H,1H3,(H,17,18). The highest BCUT2D eigenvalue weighted by Crippen LogP contribution is 2.23. The molecule has 0 bridgehead atoms. The number of aryl methyl sites for hydroxylation is 1. The lowest BCUT2D eigenvalue weighted by molar-refractivity contribution is 0.102. The molecule has 0 spiro atoms. The van der Waals surface area contributed by atoms with Crippen molar-refractivity contribution >= 4 is 23.2 Å². The van der Waals surface area contributed by atoms with Gasteiger partial charge in [-0.25, -0.2) is 14.4 Å². The van der Waals surface area contributed by atoms with Crippen molar-refractivity contribution in [2.75, 3.05) is 5.32 Å². The van der Waals surface area contributed by atoms with Gasteiger partial charge in [0.05, 0.1) is 11.9 Å². The number of aromatic nitrogens is 2. The zero-order valence-corrected chi connectivity index (χ0v) is 10.2. The van der Waals surface area contributed by atoms with E-state index in [1.54, 1.807) is 19.2 Å². The molecule has 0 aliphatic heterocycles. The van der Waals surface area contributed by atoms with Gasteiger partial charge in [-0.2, -0.15) is 0 Å². The Hall–Kier alpha value is -2.01. The number of rotatable bonds is 2. The second-order valence-corrected chi connectivity index (χ2v) is 3.97. The molecular formula is C12H9ClFN3O. The molecule has 0 saturated carbocycles. The molecule has 2 rings (SSSR count). The predicted molar refractivity (Wildman–Crippen MR) is 66.1 cm³/mol. The maximum absolute atomic E-state index is 12.7. The van der Waals surface area contributed by atoms with Gasteiger partial charge >= 0.3 is 0 Å². The Morgan fingerprint density at radius 1 is 1.33 bits per heavy atom. The van der Waals surface area contributed by atoms with Crippen molar-refractivity contribution in [3.63, 3.8) is 0 Å². The molecule has 1 N–H and O–H groups in total. The Labute approximate surface area is 108 Å². The molecular weight excluding hydrogens is 257 g/mol. The molecule has 1 amide bonds. The van der Waals surface area contributed by atoms with E-state index in [-0.39, 0.29) is 10.8 Å². The van der Waals surface area contributed by atoms with Gasteiger partial charge in [0.25, 0.3) is 5.91 Å². The van der Waals surface area contributed by atoms with Crippen LogP contribution < -0.4 is 5.32 Å². The second kappa shape index (κ2) is 5.10. The maximum atomic E-state index is 12.7. The predicted octanol–water partition coefficient (Wildman–Crippen LogP) is 2.83. The molecule has 0 unspecified atom stereocenters. The molecule has 92 valence electrons. The molecule has 0 fully saturated rings. The molecule has 6 heteroatoms. The van der Waals surface area contributed by atoms with Crippen LogP contribution >= 0.6 is 11.6 Å². The number of anilines is 1. The van der Waals surface area contributed by atoms with Gasteiger partial charge in [0.15, 0.2) is 5.15 Å². The third-order valence-corrected chi connectivity index (χ3v) is 2.60. The van der Waals surface area contributed by atoms with Gasteiger partial charge in [0.2, 0.25) is 0 Å². The van der Waals surface area contributed by atoms with Crippen LogP contribution in [0, 0.1) is 12.7 Å². The number of carbonyl (C=O) groups excluding carboxylic acids is 1. The van der Waals surface area contributed by atoms with Crippen LogP contribution in [0.3, 0.4) is 0 Å². The molecule has 0 aromatic carbocycles. The summed E-state index contributed by atoms with van der Waals surface area (Å²) < 4.78 is 12.7. The van der Waals surface area contributed by atoms with Crippen molar-refractivity contribution < 1.29 is 9.18 Å². The molecule has 18 heavy (non-hydrogen) atoms. The summed E-state index contributed by atoms with van der Waals surface area (Å²) in [5.41, 5.74) is 1.32. The van der Waals surface area contributed by atoms with Gasteiger partial charge in [-0.05, 0) is 30.7 Å². The summed E-state index contributed by atoms with van der Waals surface area (Å²) in [6, 6.07) is 4.18. The van der Waals surface area contributed by atoms with Crippen LogP contribution in [-0.4, -0.2) is 15.9 Å². The third kappa shape index (κ3) is 2.62. The van der Waals surface area contributed by atoms with E-state index in [9.17, 15) is 9.18 Å². The van der Waals surface area contributed by atoms with Gasteiger partial charge in [-0.3, -0.25) is 4.79 Å². The van der Waals surface area contributed by atoms with Gasteiger partial charge in [-0.1, -0.05) is 11.6 Å². The number of amides is 1. The largest absolute Gasteiger partial charge is 0.318 e. The lowest BCUT2D eigenvalue weighted by atomic mass is 10.2. The van der Waals surface area contributed by atoms with Crippen molar-refractivity contribution in [1.29, 1.82) is 0 Å². The summed E-state index contributed by atoms with van der Waals surface area (Å²) in [6.45, 7) is 1.79. The topological polar surface area (TPSA) is 54.9 Å². The van der Waals surface area contributed by atoms with E-state index in [4.69, 9.17) is 11.6 Å². The lowest BCUT2D eigenvalue weighted by Crippen LogP contribution is -2.15. The summed E-state index contributed by atoms with van der Waals surface area (Å²) in [6.07, 6.45) is 2.52. The SMILES string of the molecule is Cc1ccnc(Cl)c1NC(=O)c1ccc(F)cn1. The smallest absolute Gasteiger partial charge is 0.274 e. The average molecular weight is 266 g/mol. The Morgan fingerprint density at radius 2 is 2.11 bits per heavy atom. The molecule has 4 nitrogen and oxygen atoms in total. The van der Waals surface area contributed by atoms with Gasteiger partial charge < -0.3 is 5.32 Å². The summed E-state index contributed by atoms with van der Waals surface area (Å²) in [7, 11) is 0. The van der Waals surface area contributed by atoms with Gasteiger partial charge in [0, 0.05) is 6.20 Å². The zero-order valence-electron chi connectivity index (χ0n) is 9.45. The number of nitrogens with zero attached hydrogens (tertiary/aromatic N) is 2. The first-order valence-electron chi connectivity index (χ1n) is 5.12. The van der Waals surface area contributed by atoms with E-state index >= 15 is 0 Å². The van der Waals surface area contributed by atoms with E-state index in [1.807, 2.05) is 0 Å². The quantitative estimate of drug-likeness (QED) is 0.850. The molecule has 2 aromatic heterocycles. The van der Waals surface area contributed by atoms with Crippen LogP contribution in [0.1, 0.15) is 16.1 Å². The molecule has 0 radical (unpaired) electrons. The Balaban J connectivity index is 2.24. The van der Waals surface area contributed by atoms with E-state index in [0.717, 1.165) is 11.8 Å². The van der Waals surface area contributed by atoms with Crippen LogP contribution in [0.2, 0.25) is 5.15 Å². The molecule has 0 atom stereocenters. The van der Waals surface area contributed by atoms with Gasteiger partial charge in [-0.15, -0.1) is 0 Å². The van der Waals surface area contributed by atoms with Crippen LogP contribution in [0.15, 0.2) is 30.6 Å². The van der Waals surface area contributed by atoms with E-state index in [1.165, 1.54) is 12.1 Å². The Kier molecular flexibility index (Phi) is 3.53. The maximum Gasteiger partial charge on any atom is 0.274 e. The third-order valence-electron chi connectivity index (χ3n) is 2.31. The number of nitrogens with one attached hydrogen (secondary N) is 1. The molecule has 2 heterocycles. The fraction of sp³-hybridized carbons (Fsp3) is 0.0833. The first-order chi connectivity index (χ1) is 8.58. The Bertz CT molecular complexity index is 566. The molecule has 0 aliphatic rings. The number of pyridine rings is 2. The Morgan fingerprint density at radius 3 is 2.72 bits per heavy atom. The van der Waals surface area contributed by atoms with Crippen LogP contribution in [0.4, 0.5) is 10.1 Å². The first kappa shape index (κ1) is 12.4. The fourth-order valence-corrected chi connectivity index (χ4v) is 1.62. The molecule has 0 saturated heterocycles. The minimum Gasteiger partial charge on any atom is -0.318 e. The van der Waals surface area contributed by atoms with Crippen molar-refractivity contribution in [2.45, 2.75) is 6.92 Å². The summed E-state index contributed by atoms with van der Waals surface area (Å²) in [4.78, 5) is 19.4. The van der Waals surface area contributed by atoms with Crippen LogP contribution in [-0.2, 0) is 0 Å². The van der Waals surface area contributed by atoms with Crippen molar-refractivity contribution in [2.24, 2.45) is 0 Å². The van der Waals surface area contributed by atoms with Crippen LogP contribution in [0.5, 0.6) is 0 Å². The minimum absolute atomic E-state index is 0.107. The highest BCUT2D eigenvalue weighted by molar-refractivity contribution is 6.32. The van der Waals surface area contributed by atoms with Crippen molar-refractivity contribution in [3.8, 4) is 0 Å². The normalized spacial score (nSPS) is 10.2. The average Bonchev–Trinajstić information content (AvgIpc) is 2.34. The van der Waals surface area contributed by atoms with E-state index in [0.29, 0.717) is 5.69 Å². The molecule has 2 aromatic rings. The lowest BCUT2D eigenvalue weighted by Gasteiger charge is -2.08. The van der Waals surface area contributed by atoms with E-state index < -0.39 is 11.7 Å². The fourth-order valence-electron chi connectivity index (χ4n) is 1.36. The number of halogens is 2.